The van der Waals surface area contributed by atoms with Crippen molar-refractivity contribution in [2.45, 2.75) is 32.1 Å². The minimum absolute atomic E-state index is 0.121. The van der Waals surface area contributed by atoms with Gasteiger partial charge in [0.15, 0.2) is 0 Å². The Kier molecular flexibility index (Phi) is 4.92. The number of allylic oxidation sites excluding steroid dienone is 1. The number of nitrogens with zero attached hydrogens (tertiary/aromatic N) is 1. The Balaban J connectivity index is 2.03. The fourth-order valence-corrected chi connectivity index (χ4v) is 2.47. The molecule has 0 spiro atoms. The molecule has 1 aromatic rings. The van der Waals surface area contributed by atoms with Gasteiger partial charge in [0.2, 0.25) is 5.91 Å². The number of hydrogen-bond donors (Lipinski definition) is 2. The van der Waals surface area contributed by atoms with Crippen molar-refractivity contribution in [2.75, 3.05) is 11.9 Å². The SMILES string of the molecule is NC(=O)c1ccc(NCCC2=CCCCC2)c([N+](=O)[O-])c1. The van der Waals surface area contributed by atoms with Crippen LogP contribution in [-0.2, 0) is 0 Å². The van der Waals surface area contributed by atoms with Crippen LogP contribution in [0.5, 0.6) is 0 Å². The fourth-order valence-electron chi connectivity index (χ4n) is 2.47. The lowest BCUT2D eigenvalue weighted by molar-refractivity contribution is -0.384. The van der Waals surface area contributed by atoms with Gasteiger partial charge in [0.05, 0.1) is 4.92 Å². The van der Waals surface area contributed by atoms with E-state index in [1.54, 1.807) is 0 Å². The number of benzene rings is 1. The molecule has 1 aliphatic rings. The highest BCUT2D eigenvalue weighted by molar-refractivity contribution is 5.94. The molecule has 0 fully saturated rings. The van der Waals surface area contributed by atoms with E-state index in [1.165, 1.54) is 36.6 Å². The van der Waals surface area contributed by atoms with Gasteiger partial charge in [0, 0.05) is 18.2 Å². The third-order valence-electron chi connectivity index (χ3n) is 3.63. The predicted octanol–water partition coefficient (Wildman–Crippen LogP) is 3.00. The topological polar surface area (TPSA) is 98.3 Å². The Bertz CT molecular complexity index is 582. The Hall–Kier alpha value is -2.37. The number of hydrogen-bond acceptors (Lipinski definition) is 4. The molecule has 6 heteroatoms. The van der Waals surface area contributed by atoms with E-state index in [0.717, 1.165) is 19.3 Å². The number of anilines is 1. The number of carbonyl (C=O) groups is 1. The maximum absolute atomic E-state index is 11.1. The number of rotatable bonds is 6. The Labute approximate surface area is 123 Å². The van der Waals surface area contributed by atoms with E-state index in [0.29, 0.717) is 12.2 Å². The number of nitro groups is 1. The molecule has 1 aliphatic carbocycles. The smallest absolute Gasteiger partial charge is 0.293 e. The highest BCUT2D eigenvalue weighted by Gasteiger charge is 2.16. The lowest BCUT2D eigenvalue weighted by Gasteiger charge is -2.13. The molecule has 6 nitrogen and oxygen atoms in total. The van der Waals surface area contributed by atoms with Crippen LogP contribution in [0, 0.1) is 10.1 Å². The highest BCUT2D eigenvalue weighted by atomic mass is 16.6. The second-order valence-electron chi connectivity index (χ2n) is 5.14. The standard InChI is InChI=1S/C15H19N3O3/c16-15(19)12-6-7-13(14(10-12)18(20)21)17-9-8-11-4-2-1-3-5-11/h4,6-7,10,17H,1-3,5,8-9H2,(H2,16,19). The predicted molar refractivity (Wildman–Crippen MR) is 81.3 cm³/mol. The van der Waals surface area contributed by atoms with Crippen LogP contribution >= 0.6 is 0 Å². The molecule has 0 aliphatic heterocycles. The van der Waals surface area contributed by atoms with E-state index < -0.39 is 10.8 Å². The summed E-state index contributed by atoms with van der Waals surface area (Å²) in [4.78, 5) is 21.6. The van der Waals surface area contributed by atoms with Gasteiger partial charge in [-0.05, 0) is 44.2 Å². The summed E-state index contributed by atoms with van der Waals surface area (Å²) in [5, 5.41) is 14.1. The van der Waals surface area contributed by atoms with E-state index in [1.807, 2.05) is 0 Å². The van der Waals surface area contributed by atoms with Crippen LogP contribution in [0.2, 0.25) is 0 Å². The van der Waals surface area contributed by atoms with E-state index >= 15 is 0 Å². The molecular weight excluding hydrogens is 270 g/mol. The molecule has 0 saturated heterocycles. The average Bonchev–Trinajstić information content (AvgIpc) is 2.48. The van der Waals surface area contributed by atoms with Gasteiger partial charge in [-0.1, -0.05) is 11.6 Å². The molecule has 0 unspecified atom stereocenters. The van der Waals surface area contributed by atoms with Crippen LogP contribution in [-0.4, -0.2) is 17.4 Å². The molecule has 0 aromatic heterocycles. The summed E-state index contributed by atoms with van der Waals surface area (Å²) in [7, 11) is 0. The highest BCUT2D eigenvalue weighted by Crippen LogP contribution is 2.26. The lowest BCUT2D eigenvalue weighted by Crippen LogP contribution is -2.12. The van der Waals surface area contributed by atoms with Crippen molar-refractivity contribution in [3.05, 3.63) is 45.5 Å². The van der Waals surface area contributed by atoms with Crippen molar-refractivity contribution in [2.24, 2.45) is 5.73 Å². The molecule has 0 atom stereocenters. The third kappa shape index (κ3) is 4.05. The second kappa shape index (κ2) is 6.88. The minimum atomic E-state index is -0.669. The molecule has 0 bridgehead atoms. The van der Waals surface area contributed by atoms with Crippen molar-refractivity contribution in [1.82, 2.24) is 0 Å². The molecule has 0 saturated carbocycles. The van der Waals surface area contributed by atoms with E-state index in [4.69, 9.17) is 5.73 Å². The normalized spacial score (nSPS) is 14.4. The van der Waals surface area contributed by atoms with Gasteiger partial charge in [0.1, 0.15) is 5.69 Å². The molecule has 3 N–H and O–H groups in total. The van der Waals surface area contributed by atoms with Gasteiger partial charge >= 0.3 is 0 Å². The van der Waals surface area contributed by atoms with E-state index in [-0.39, 0.29) is 11.3 Å². The Morgan fingerprint density at radius 3 is 2.81 bits per heavy atom. The number of nitro benzene ring substituents is 1. The molecule has 21 heavy (non-hydrogen) atoms. The maximum Gasteiger partial charge on any atom is 0.293 e. The molecule has 1 aromatic carbocycles. The third-order valence-corrected chi connectivity index (χ3v) is 3.63. The van der Waals surface area contributed by atoms with Gasteiger partial charge in [-0.3, -0.25) is 14.9 Å². The van der Waals surface area contributed by atoms with Gasteiger partial charge in [-0.25, -0.2) is 0 Å². The summed E-state index contributed by atoms with van der Waals surface area (Å²) in [6.45, 7) is 0.641. The number of nitrogens with one attached hydrogen (secondary N) is 1. The number of carbonyl (C=O) groups excluding carboxylic acids is 1. The van der Waals surface area contributed by atoms with Crippen LogP contribution < -0.4 is 11.1 Å². The second-order valence-corrected chi connectivity index (χ2v) is 5.14. The first-order valence-electron chi connectivity index (χ1n) is 7.08. The van der Waals surface area contributed by atoms with Crippen molar-refractivity contribution < 1.29 is 9.72 Å². The summed E-state index contributed by atoms with van der Waals surface area (Å²) in [5.74, 6) is -0.669. The molecule has 0 heterocycles. The monoisotopic (exact) mass is 289 g/mol. The molecule has 0 radical (unpaired) electrons. The zero-order valence-electron chi connectivity index (χ0n) is 11.8. The maximum atomic E-state index is 11.1. The van der Waals surface area contributed by atoms with Gasteiger partial charge < -0.3 is 11.1 Å². The summed E-state index contributed by atoms with van der Waals surface area (Å²) < 4.78 is 0. The molecule has 2 rings (SSSR count). The van der Waals surface area contributed by atoms with Crippen LogP contribution in [0.25, 0.3) is 0 Å². The van der Waals surface area contributed by atoms with Crippen LogP contribution in [0.3, 0.4) is 0 Å². The fraction of sp³-hybridized carbons (Fsp3) is 0.400. The first-order chi connectivity index (χ1) is 10.1. The summed E-state index contributed by atoms with van der Waals surface area (Å²) in [5.41, 5.74) is 6.99. The Morgan fingerprint density at radius 1 is 1.38 bits per heavy atom. The van der Waals surface area contributed by atoms with Crippen LogP contribution in [0.1, 0.15) is 42.5 Å². The number of nitrogens with two attached hydrogens (primary N) is 1. The lowest BCUT2D eigenvalue weighted by atomic mass is 9.97. The minimum Gasteiger partial charge on any atom is -0.379 e. The van der Waals surface area contributed by atoms with Gasteiger partial charge in [0.25, 0.3) is 5.69 Å². The first-order valence-corrected chi connectivity index (χ1v) is 7.08. The van der Waals surface area contributed by atoms with Crippen molar-refractivity contribution in [3.63, 3.8) is 0 Å². The van der Waals surface area contributed by atoms with Crippen molar-refractivity contribution in [3.8, 4) is 0 Å². The Morgan fingerprint density at radius 2 is 2.19 bits per heavy atom. The zero-order valence-corrected chi connectivity index (χ0v) is 11.8. The van der Waals surface area contributed by atoms with Gasteiger partial charge in [-0.15, -0.1) is 0 Å². The molecule has 1 amide bonds. The van der Waals surface area contributed by atoms with Crippen molar-refractivity contribution >= 4 is 17.3 Å². The largest absolute Gasteiger partial charge is 0.379 e. The van der Waals surface area contributed by atoms with Gasteiger partial charge in [-0.2, -0.15) is 0 Å². The first kappa shape index (κ1) is 15.0. The average molecular weight is 289 g/mol. The summed E-state index contributed by atoms with van der Waals surface area (Å²) >= 11 is 0. The van der Waals surface area contributed by atoms with E-state index in [2.05, 4.69) is 11.4 Å². The zero-order chi connectivity index (χ0) is 15.2. The molecule has 112 valence electrons. The number of amides is 1. The summed E-state index contributed by atoms with van der Waals surface area (Å²) in [6, 6.07) is 4.25. The number of primary amides is 1. The summed E-state index contributed by atoms with van der Waals surface area (Å²) in [6.07, 6.45) is 7.86. The van der Waals surface area contributed by atoms with Crippen LogP contribution in [0.15, 0.2) is 29.8 Å². The molecular formula is C15H19N3O3. The quantitative estimate of drug-likeness (QED) is 0.477. The van der Waals surface area contributed by atoms with Crippen molar-refractivity contribution in [1.29, 1.82) is 0 Å². The van der Waals surface area contributed by atoms with E-state index in [9.17, 15) is 14.9 Å². The van der Waals surface area contributed by atoms with Crippen LogP contribution in [0.4, 0.5) is 11.4 Å².